The van der Waals surface area contributed by atoms with Crippen LogP contribution in [0.1, 0.15) is 42.9 Å². The first-order valence-electron chi connectivity index (χ1n) is 12.9. The van der Waals surface area contributed by atoms with Crippen LogP contribution in [0.25, 0.3) is 10.2 Å². The van der Waals surface area contributed by atoms with Gasteiger partial charge < -0.3 is 5.32 Å². The van der Waals surface area contributed by atoms with Crippen LogP contribution in [-0.2, 0) is 14.4 Å². The van der Waals surface area contributed by atoms with E-state index in [1.165, 1.54) is 28.0 Å². The lowest BCUT2D eigenvalue weighted by Gasteiger charge is -2.19. The molecule has 1 N–H and O–H groups in total. The topological polar surface area (TPSA) is 79.4 Å². The Morgan fingerprint density at radius 1 is 0.921 bits per heavy atom. The van der Waals surface area contributed by atoms with Gasteiger partial charge in [-0.1, -0.05) is 85.3 Å². The standard InChI is InChI=1S/C30H27N3O3S2/c34-26(32-27(19-9-3-1-4-10-19)20-11-5-2-6-12-20)18-37-30-31-24-16-15-21(17-25(24)38-30)33-28(35)22-13-7-8-14-23(22)29(33)36/h1-6,9-12,15-17,22-23,27H,7-8,13-14,18H2,(H,32,34)/t22-,23-/m0/s1. The highest BCUT2D eigenvalue weighted by atomic mass is 32.2. The maximum atomic E-state index is 13.0. The van der Waals surface area contributed by atoms with Crippen LogP contribution in [0.5, 0.6) is 0 Å². The Kier molecular flexibility index (Phi) is 7.00. The summed E-state index contributed by atoms with van der Waals surface area (Å²) in [5, 5.41) is 3.17. The molecule has 38 heavy (non-hydrogen) atoms. The summed E-state index contributed by atoms with van der Waals surface area (Å²) in [6.45, 7) is 0. The summed E-state index contributed by atoms with van der Waals surface area (Å²) in [7, 11) is 0. The number of anilines is 1. The summed E-state index contributed by atoms with van der Waals surface area (Å²) < 4.78 is 1.67. The van der Waals surface area contributed by atoms with Crippen molar-refractivity contribution in [3.05, 3.63) is 90.0 Å². The highest BCUT2D eigenvalue weighted by Crippen LogP contribution is 2.41. The molecule has 1 aromatic heterocycles. The molecule has 1 saturated carbocycles. The van der Waals surface area contributed by atoms with Crippen LogP contribution in [-0.4, -0.2) is 28.5 Å². The minimum Gasteiger partial charge on any atom is -0.344 e. The molecule has 0 radical (unpaired) electrons. The highest BCUT2D eigenvalue weighted by Gasteiger charge is 2.48. The molecule has 6 rings (SSSR count). The number of imide groups is 1. The van der Waals surface area contributed by atoms with E-state index in [1.807, 2.05) is 72.8 Å². The van der Waals surface area contributed by atoms with E-state index >= 15 is 0 Å². The van der Waals surface area contributed by atoms with Gasteiger partial charge in [-0.25, -0.2) is 4.98 Å². The van der Waals surface area contributed by atoms with Crippen molar-refractivity contribution in [3.63, 3.8) is 0 Å². The molecular formula is C30H27N3O3S2. The number of nitrogens with zero attached hydrogens (tertiary/aromatic N) is 2. The molecule has 0 unspecified atom stereocenters. The van der Waals surface area contributed by atoms with E-state index in [9.17, 15) is 14.4 Å². The Labute approximate surface area is 229 Å². The number of rotatable bonds is 7. The number of thiazole rings is 1. The molecule has 0 bridgehead atoms. The van der Waals surface area contributed by atoms with E-state index in [0.29, 0.717) is 5.69 Å². The smallest absolute Gasteiger partial charge is 0.237 e. The fourth-order valence-corrected chi connectivity index (χ4v) is 7.40. The van der Waals surface area contributed by atoms with Crippen molar-refractivity contribution in [2.45, 2.75) is 36.1 Å². The SMILES string of the molecule is O=C(CSc1nc2ccc(N3C(=O)[C@H]4CCCC[C@@H]4C3=O)cc2s1)NC(c1ccccc1)c1ccccc1. The van der Waals surface area contributed by atoms with E-state index in [0.717, 1.165) is 51.4 Å². The third-order valence-electron chi connectivity index (χ3n) is 7.35. The summed E-state index contributed by atoms with van der Waals surface area (Å²) in [5.41, 5.74) is 3.46. The van der Waals surface area contributed by atoms with Crippen molar-refractivity contribution in [2.75, 3.05) is 10.7 Å². The average molecular weight is 542 g/mol. The molecule has 192 valence electrons. The van der Waals surface area contributed by atoms with Crippen LogP contribution in [0.3, 0.4) is 0 Å². The molecule has 0 spiro atoms. The summed E-state index contributed by atoms with van der Waals surface area (Å²) in [6.07, 6.45) is 3.61. The molecule has 2 heterocycles. The van der Waals surface area contributed by atoms with Gasteiger partial charge in [0.2, 0.25) is 17.7 Å². The molecule has 8 heteroatoms. The average Bonchev–Trinajstić information content (AvgIpc) is 3.49. The summed E-state index contributed by atoms with van der Waals surface area (Å²) in [5.74, 6) is -0.330. The molecule has 1 aliphatic carbocycles. The Hall–Kier alpha value is -3.49. The van der Waals surface area contributed by atoms with Crippen molar-refractivity contribution in [2.24, 2.45) is 11.8 Å². The van der Waals surface area contributed by atoms with Crippen molar-refractivity contribution in [3.8, 4) is 0 Å². The second-order valence-electron chi connectivity index (χ2n) is 9.75. The van der Waals surface area contributed by atoms with Gasteiger partial charge in [-0.3, -0.25) is 19.3 Å². The van der Waals surface area contributed by atoms with E-state index in [4.69, 9.17) is 0 Å². The van der Waals surface area contributed by atoms with E-state index < -0.39 is 0 Å². The second kappa shape index (κ2) is 10.7. The first-order valence-corrected chi connectivity index (χ1v) is 14.7. The molecule has 1 aliphatic heterocycles. The van der Waals surface area contributed by atoms with Crippen molar-refractivity contribution in [1.29, 1.82) is 0 Å². The third kappa shape index (κ3) is 4.86. The minimum atomic E-state index is -0.234. The molecular weight excluding hydrogens is 514 g/mol. The van der Waals surface area contributed by atoms with Gasteiger partial charge in [0.25, 0.3) is 0 Å². The van der Waals surface area contributed by atoms with Crippen LogP contribution >= 0.6 is 23.1 Å². The third-order valence-corrected chi connectivity index (χ3v) is 9.51. The van der Waals surface area contributed by atoms with Gasteiger partial charge in [-0.05, 0) is 42.2 Å². The van der Waals surface area contributed by atoms with Gasteiger partial charge in [0.05, 0.1) is 39.5 Å². The zero-order valence-corrected chi connectivity index (χ0v) is 22.3. The number of carbonyl (C=O) groups is 3. The number of fused-ring (bicyclic) bond motifs is 2. The van der Waals surface area contributed by atoms with Gasteiger partial charge in [-0.2, -0.15) is 0 Å². The van der Waals surface area contributed by atoms with Crippen LogP contribution in [0.2, 0.25) is 0 Å². The lowest BCUT2D eigenvalue weighted by molar-refractivity contribution is -0.122. The first-order chi connectivity index (χ1) is 18.6. The predicted molar refractivity (Wildman–Crippen MR) is 151 cm³/mol. The Balaban J connectivity index is 1.15. The number of carbonyl (C=O) groups excluding carboxylic acids is 3. The Morgan fingerprint density at radius 3 is 2.13 bits per heavy atom. The molecule has 3 aromatic carbocycles. The number of benzene rings is 3. The first kappa shape index (κ1) is 24.8. The summed E-state index contributed by atoms with van der Waals surface area (Å²) >= 11 is 2.86. The monoisotopic (exact) mass is 541 g/mol. The normalized spacial score (nSPS) is 19.2. The number of hydrogen-bond acceptors (Lipinski definition) is 6. The minimum absolute atomic E-state index is 0.0683. The van der Waals surface area contributed by atoms with Gasteiger partial charge in [0, 0.05) is 0 Å². The maximum absolute atomic E-state index is 13.0. The molecule has 2 atom stereocenters. The van der Waals surface area contributed by atoms with E-state index in [-0.39, 0.29) is 41.4 Å². The summed E-state index contributed by atoms with van der Waals surface area (Å²) in [6, 6.07) is 25.2. The zero-order chi connectivity index (χ0) is 26.1. The fraction of sp³-hybridized carbons (Fsp3) is 0.267. The van der Waals surface area contributed by atoms with E-state index in [1.54, 1.807) is 6.07 Å². The number of amides is 3. The van der Waals surface area contributed by atoms with Crippen LogP contribution in [0, 0.1) is 11.8 Å². The van der Waals surface area contributed by atoms with Crippen molar-refractivity contribution < 1.29 is 14.4 Å². The fourth-order valence-electron chi connectivity index (χ4n) is 5.49. The van der Waals surface area contributed by atoms with Crippen LogP contribution in [0.15, 0.2) is 83.2 Å². The van der Waals surface area contributed by atoms with E-state index in [2.05, 4.69) is 10.3 Å². The quantitative estimate of drug-likeness (QED) is 0.230. The number of hydrogen-bond donors (Lipinski definition) is 1. The molecule has 1 saturated heterocycles. The number of aromatic nitrogens is 1. The van der Waals surface area contributed by atoms with Crippen molar-refractivity contribution >= 4 is 56.7 Å². The molecule has 6 nitrogen and oxygen atoms in total. The van der Waals surface area contributed by atoms with Crippen molar-refractivity contribution in [1.82, 2.24) is 10.3 Å². The lowest BCUT2D eigenvalue weighted by atomic mass is 9.81. The van der Waals surface area contributed by atoms with Crippen LogP contribution in [0.4, 0.5) is 5.69 Å². The molecule has 3 amide bonds. The maximum Gasteiger partial charge on any atom is 0.237 e. The lowest BCUT2D eigenvalue weighted by Crippen LogP contribution is -2.30. The van der Waals surface area contributed by atoms with Crippen LogP contribution < -0.4 is 10.2 Å². The Morgan fingerprint density at radius 2 is 1.53 bits per heavy atom. The Bertz CT molecular complexity index is 1430. The van der Waals surface area contributed by atoms with Gasteiger partial charge >= 0.3 is 0 Å². The molecule has 2 aliphatic rings. The molecule has 4 aromatic rings. The van der Waals surface area contributed by atoms with Gasteiger partial charge in [-0.15, -0.1) is 11.3 Å². The molecule has 2 fully saturated rings. The largest absolute Gasteiger partial charge is 0.344 e. The second-order valence-corrected chi connectivity index (χ2v) is 12.0. The van der Waals surface area contributed by atoms with Gasteiger partial charge in [0.15, 0.2) is 4.34 Å². The number of thioether (sulfide) groups is 1. The summed E-state index contributed by atoms with van der Waals surface area (Å²) in [4.78, 5) is 45.0. The predicted octanol–water partition coefficient (Wildman–Crippen LogP) is 5.97. The zero-order valence-electron chi connectivity index (χ0n) is 20.7. The van der Waals surface area contributed by atoms with Gasteiger partial charge in [0.1, 0.15) is 0 Å². The highest BCUT2D eigenvalue weighted by molar-refractivity contribution is 8.01. The number of nitrogens with one attached hydrogen (secondary N) is 1.